The lowest BCUT2D eigenvalue weighted by Gasteiger charge is -2.33. The third-order valence-corrected chi connectivity index (χ3v) is 7.98. The number of carbonyl (C=O) groups excluding carboxylic acids is 1. The fourth-order valence-electron chi connectivity index (χ4n) is 5.96. The molecule has 3 aromatic heterocycles. The molecule has 1 saturated heterocycles. The van der Waals surface area contributed by atoms with Crippen molar-refractivity contribution in [3.05, 3.63) is 76.7 Å². The standard InChI is InChI=1S/C31H38N6O/c1-20-15-23(31(38)35(4)5)16-21(2)29(20)22-10-13-37(14-11-22)19-25-17-27-26(9-12-33-30(27)36(25)6)28-8-7-24(32-3)18-34-28/h7-9,12,15-18,22,32H,10-11,13-14,19H2,1-6H3. The van der Waals surface area contributed by atoms with Gasteiger partial charge in [0.15, 0.2) is 0 Å². The van der Waals surface area contributed by atoms with Crippen LogP contribution in [0.5, 0.6) is 0 Å². The molecule has 0 bridgehead atoms. The number of rotatable bonds is 6. The molecule has 4 heterocycles. The lowest BCUT2D eigenvalue weighted by atomic mass is 9.83. The molecular weight excluding hydrogens is 472 g/mol. The summed E-state index contributed by atoms with van der Waals surface area (Å²) in [6.07, 6.45) is 5.99. The second kappa shape index (κ2) is 10.6. The molecule has 0 aliphatic carbocycles. The lowest BCUT2D eigenvalue weighted by molar-refractivity contribution is 0.0827. The van der Waals surface area contributed by atoms with Crippen LogP contribution in [-0.2, 0) is 13.6 Å². The Balaban J connectivity index is 1.31. The van der Waals surface area contributed by atoms with E-state index in [0.717, 1.165) is 66.0 Å². The lowest BCUT2D eigenvalue weighted by Crippen LogP contribution is -2.33. The molecular formula is C31H38N6O. The molecule has 7 nitrogen and oxygen atoms in total. The van der Waals surface area contributed by atoms with Crippen LogP contribution < -0.4 is 5.32 Å². The van der Waals surface area contributed by atoms with Gasteiger partial charge in [0.2, 0.25) is 0 Å². The highest BCUT2D eigenvalue weighted by atomic mass is 16.2. The molecule has 5 rings (SSSR count). The molecule has 0 unspecified atom stereocenters. The Bertz CT molecular complexity index is 1440. The number of nitrogens with zero attached hydrogens (tertiary/aromatic N) is 5. The zero-order valence-corrected chi connectivity index (χ0v) is 23.4. The van der Waals surface area contributed by atoms with Crippen LogP contribution in [0.2, 0.25) is 0 Å². The summed E-state index contributed by atoms with van der Waals surface area (Å²) in [5.41, 5.74) is 10.0. The van der Waals surface area contributed by atoms with Gasteiger partial charge >= 0.3 is 0 Å². The number of hydrogen-bond donors (Lipinski definition) is 1. The number of piperidine rings is 1. The summed E-state index contributed by atoms with van der Waals surface area (Å²) in [4.78, 5) is 26.0. The predicted octanol–water partition coefficient (Wildman–Crippen LogP) is 5.38. The summed E-state index contributed by atoms with van der Waals surface area (Å²) in [5.74, 6) is 0.595. The topological polar surface area (TPSA) is 66.3 Å². The monoisotopic (exact) mass is 510 g/mol. The zero-order chi connectivity index (χ0) is 27.0. The molecule has 1 N–H and O–H groups in total. The van der Waals surface area contributed by atoms with Gasteiger partial charge < -0.3 is 14.8 Å². The summed E-state index contributed by atoms with van der Waals surface area (Å²) in [7, 11) is 7.63. The number of aryl methyl sites for hydroxylation is 3. The predicted molar refractivity (Wildman–Crippen MR) is 155 cm³/mol. The number of nitrogens with one attached hydrogen (secondary N) is 1. The quantitative estimate of drug-likeness (QED) is 0.378. The maximum atomic E-state index is 12.5. The van der Waals surface area contributed by atoms with Gasteiger partial charge in [-0.05, 0) is 98.8 Å². The molecule has 7 heteroatoms. The fourth-order valence-corrected chi connectivity index (χ4v) is 5.96. The number of likely N-dealkylation sites (tertiary alicyclic amines) is 1. The highest BCUT2D eigenvalue weighted by Gasteiger charge is 2.25. The molecule has 0 saturated carbocycles. The van der Waals surface area contributed by atoms with E-state index in [1.807, 2.05) is 33.5 Å². The van der Waals surface area contributed by atoms with E-state index in [9.17, 15) is 4.79 Å². The first-order valence-corrected chi connectivity index (χ1v) is 13.4. The van der Waals surface area contributed by atoms with Crippen LogP contribution in [-0.4, -0.2) is 64.5 Å². The van der Waals surface area contributed by atoms with E-state index in [2.05, 4.69) is 77.1 Å². The van der Waals surface area contributed by atoms with Gasteiger partial charge in [0.25, 0.3) is 5.91 Å². The number of aromatic nitrogens is 3. The molecule has 1 amide bonds. The van der Waals surface area contributed by atoms with Crippen molar-refractivity contribution < 1.29 is 4.79 Å². The minimum atomic E-state index is 0.0657. The Morgan fingerprint density at radius 2 is 1.76 bits per heavy atom. The fraction of sp³-hybridized carbons (Fsp3) is 0.387. The van der Waals surface area contributed by atoms with Crippen LogP contribution in [0.15, 0.2) is 48.8 Å². The van der Waals surface area contributed by atoms with Gasteiger partial charge in [-0.1, -0.05) is 0 Å². The normalized spacial score (nSPS) is 14.7. The number of carbonyl (C=O) groups is 1. The van der Waals surface area contributed by atoms with E-state index in [1.54, 1.807) is 4.90 Å². The molecule has 1 fully saturated rings. The van der Waals surface area contributed by atoms with Crippen LogP contribution in [0.1, 0.15) is 51.5 Å². The second-order valence-corrected chi connectivity index (χ2v) is 10.7. The summed E-state index contributed by atoms with van der Waals surface area (Å²) in [6, 6.07) is 12.6. The number of amides is 1. The Kier molecular flexibility index (Phi) is 7.21. The van der Waals surface area contributed by atoms with Crippen LogP contribution in [0, 0.1) is 13.8 Å². The molecule has 38 heavy (non-hydrogen) atoms. The van der Waals surface area contributed by atoms with E-state index < -0.39 is 0 Å². The number of benzene rings is 1. The van der Waals surface area contributed by atoms with E-state index in [4.69, 9.17) is 4.98 Å². The first-order valence-electron chi connectivity index (χ1n) is 13.4. The van der Waals surface area contributed by atoms with Crippen LogP contribution in [0.3, 0.4) is 0 Å². The minimum absolute atomic E-state index is 0.0657. The zero-order valence-electron chi connectivity index (χ0n) is 23.4. The first kappa shape index (κ1) is 25.9. The molecule has 0 atom stereocenters. The third kappa shape index (κ3) is 4.90. The highest BCUT2D eigenvalue weighted by molar-refractivity contribution is 5.94. The van der Waals surface area contributed by atoms with Crippen molar-refractivity contribution in [2.75, 3.05) is 39.5 Å². The Morgan fingerprint density at radius 3 is 2.37 bits per heavy atom. The SMILES string of the molecule is CNc1ccc(-c2ccnc3c2cc(CN2CCC(c4c(C)cc(C(=O)N(C)C)cc4C)CC2)n3C)nc1. The van der Waals surface area contributed by atoms with E-state index >= 15 is 0 Å². The highest BCUT2D eigenvalue weighted by Crippen LogP contribution is 2.35. The molecule has 0 spiro atoms. The second-order valence-electron chi connectivity index (χ2n) is 10.7. The Labute approximate surface area is 225 Å². The largest absolute Gasteiger partial charge is 0.387 e. The van der Waals surface area contributed by atoms with Crippen LogP contribution >= 0.6 is 0 Å². The molecule has 1 aromatic carbocycles. The van der Waals surface area contributed by atoms with Gasteiger partial charge in [-0.3, -0.25) is 14.7 Å². The van der Waals surface area contributed by atoms with Crippen molar-refractivity contribution in [3.8, 4) is 11.3 Å². The summed E-state index contributed by atoms with van der Waals surface area (Å²) in [6.45, 7) is 7.32. The van der Waals surface area contributed by atoms with Gasteiger partial charge in [0, 0.05) is 63.1 Å². The average Bonchev–Trinajstić information content (AvgIpc) is 3.23. The van der Waals surface area contributed by atoms with Crippen molar-refractivity contribution in [1.29, 1.82) is 0 Å². The maximum Gasteiger partial charge on any atom is 0.253 e. The summed E-state index contributed by atoms with van der Waals surface area (Å²) in [5, 5.41) is 4.27. The summed E-state index contributed by atoms with van der Waals surface area (Å²) >= 11 is 0. The number of fused-ring (bicyclic) bond motifs is 1. The smallest absolute Gasteiger partial charge is 0.253 e. The van der Waals surface area contributed by atoms with Crippen molar-refractivity contribution >= 4 is 22.6 Å². The average molecular weight is 511 g/mol. The van der Waals surface area contributed by atoms with E-state index in [-0.39, 0.29) is 5.91 Å². The maximum absolute atomic E-state index is 12.5. The van der Waals surface area contributed by atoms with Gasteiger partial charge in [0.1, 0.15) is 5.65 Å². The Hall–Kier alpha value is -3.71. The molecule has 0 radical (unpaired) electrons. The molecule has 1 aliphatic heterocycles. The van der Waals surface area contributed by atoms with E-state index in [1.165, 1.54) is 22.4 Å². The first-order chi connectivity index (χ1) is 18.3. The van der Waals surface area contributed by atoms with E-state index in [0.29, 0.717) is 5.92 Å². The molecule has 1 aliphatic rings. The number of pyridine rings is 2. The van der Waals surface area contributed by atoms with Crippen molar-refractivity contribution in [2.45, 2.75) is 39.2 Å². The van der Waals surface area contributed by atoms with Gasteiger partial charge in [-0.15, -0.1) is 0 Å². The van der Waals surface area contributed by atoms with Crippen molar-refractivity contribution in [2.24, 2.45) is 7.05 Å². The minimum Gasteiger partial charge on any atom is -0.387 e. The van der Waals surface area contributed by atoms with Gasteiger partial charge in [0.05, 0.1) is 17.6 Å². The van der Waals surface area contributed by atoms with Crippen molar-refractivity contribution in [1.82, 2.24) is 24.3 Å². The van der Waals surface area contributed by atoms with Gasteiger partial charge in [-0.25, -0.2) is 4.98 Å². The molecule has 4 aromatic rings. The number of hydrogen-bond acceptors (Lipinski definition) is 5. The van der Waals surface area contributed by atoms with Gasteiger partial charge in [-0.2, -0.15) is 0 Å². The van der Waals surface area contributed by atoms with Crippen LogP contribution in [0.25, 0.3) is 22.3 Å². The van der Waals surface area contributed by atoms with Crippen molar-refractivity contribution in [3.63, 3.8) is 0 Å². The summed E-state index contributed by atoms with van der Waals surface area (Å²) < 4.78 is 2.22. The third-order valence-electron chi connectivity index (χ3n) is 7.98. The Morgan fingerprint density at radius 1 is 1.05 bits per heavy atom. The molecule has 198 valence electrons. The number of anilines is 1. The van der Waals surface area contributed by atoms with Crippen LogP contribution in [0.4, 0.5) is 5.69 Å².